The number of sulfonamides is 1. The van der Waals surface area contributed by atoms with Crippen LogP contribution < -0.4 is 10.6 Å². The summed E-state index contributed by atoms with van der Waals surface area (Å²) in [5.41, 5.74) is -0.763. The molecule has 0 aliphatic rings. The van der Waals surface area contributed by atoms with E-state index in [-0.39, 0.29) is 28.6 Å². The average molecular weight is 467 g/mol. The molecule has 0 bridgehead atoms. The highest BCUT2D eigenvalue weighted by Crippen LogP contribution is 2.37. The van der Waals surface area contributed by atoms with Crippen LogP contribution in [0.15, 0.2) is 70.2 Å². The van der Waals surface area contributed by atoms with Crippen LogP contribution in [-0.2, 0) is 22.7 Å². The normalized spacial score (nSPS) is 12.1. The predicted molar refractivity (Wildman–Crippen MR) is 113 cm³/mol. The molecule has 0 spiro atoms. The van der Waals surface area contributed by atoms with Gasteiger partial charge in [-0.25, -0.2) is 12.7 Å². The second kappa shape index (κ2) is 9.05. The van der Waals surface area contributed by atoms with Gasteiger partial charge in [0.1, 0.15) is 0 Å². The number of furan rings is 1. The minimum Gasteiger partial charge on any atom is -0.459 e. The Morgan fingerprint density at radius 1 is 1.06 bits per heavy atom. The van der Waals surface area contributed by atoms with Gasteiger partial charge in [0.2, 0.25) is 10.0 Å². The van der Waals surface area contributed by atoms with Crippen LogP contribution in [0.25, 0.3) is 0 Å². The van der Waals surface area contributed by atoms with Crippen LogP contribution in [-0.4, -0.2) is 32.7 Å². The van der Waals surface area contributed by atoms with Crippen LogP contribution in [0.4, 0.5) is 24.5 Å². The van der Waals surface area contributed by atoms with Gasteiger partial charge in [0, 0.05) is 32.0 Å². The number of halogens is 3. The van der Waals surface area contributed by atoms with Crippen LogP contribution in [0.5, 0.6) is 0 Å². The van der Waals surface area contributed by atoms with Gasteiger partial charge in [-0.2, -0.15) is 13.2 Å². The number of carbonyl (C=O) groups excluding carboxylic acids is 1. The van der Waals surface area contributed by atoms with Gasteiger partial charge in [-0.3, -0.25) is 4.79 Å². The fourth-order valence-electron chi connectivity index (χ4n) is 2.84. The smallest absolute Gasteiger partial charge is 0.418 e. The van der Waals surface area contributed by atoms with Gasteiger partial charge in [0.15, 0.2) is 5.76 Å². The molecule has 0 aliphatic heterocycles. The minimum atomic E-state index is -4.69. The Balaban J connectivity index is 1.82. The topological polar surface area (TPSA) is 91.7 Å². The first-order chi connectivity index (χ1) is 15.0. The first-order valence-electron chi connectivity index (χ1n) is 9.30. The zero-order valence-electron chi connectivity index (χ0n) is 17.1. The molecule has 1 amide bonds. The molecule has 0 saturated carbocycles. The molecule has 3 aromatic rings. The quantitative estimate of drug-likeness (QED) is 0.537. The van der Waals surface area contributed by atoms with Crippen LogP contribution in [0.3, 0.4) is 0 Å². The van der Waals surface area contributed by atoms with E-state index in [0.29, 0.717) is 5.56 Å². The Labute approximate surface area is 182 Å². The molecule has 7 nitrogen and oxygen atoms in total. The van der Waals surface area contributed by atoms with E-state index in [1.165, 1.54) is 62.8 Å². The lowest BCUT2D eigenvalue weighted by Gasteiger charge is -2.17. The summed E-state index contributed by atoms with van der Waals surface area (Å²) in [6.07, 6.45) is -3.41. The van der Waals surface area contributed by atoms with Crippen LogP contribution in [0, 0.1) is 0 Å². The highest BCUT2D eigenvalue weighted by Gasteiger charge is 2.34. The van der Waals surface area contributed by atoms with Crippen molar-refractivity contribution < 1.29 is 30.8 Å². The van der Waals surface area contributed by atoms with Crippen molar-refractivity contribution in [3.05, 3.63) is 77.7 Å². The van der Waals surface area contributed by atoms with Gasteiger partial charge in [0.25, 0.3) is 5.91 Å². The molecular formula is C21H20F3N3O4S. The van der Waals surface area contributed by atoms with E-state index < -0.39 is 27.7 Å². The third-order valence-corrected chi connectivity index (χ3v) is 6.30. The Morgan fingerprint density at radius 2 is 1.81 bits per heavy atom. The van der Waals surface area contributed by atoms with Gasteiger partial charge in [-0.15, -0.1) is 0 Å². The minimum absolute atomic E-state index is 0.0340. The summed E-state index contributed by atoms with van der Waals surface area (Å²) in [5.74, 6) is -0.712. The number of hydrogen-bond acceptors (Lipinski definition) is 5. The van der Waals surface area contributed by atoms with Crippen LogP contribution in [0.2, 0.25) is 0 Å². The summed E-state index contributed by atoms with van der Waals surface area (Å²) in [4.78, 5) is 12.1. The Morgan fingerprint density at radius 3 is 2.44 bits per heavy atom. The maximum Gasteiger partial charge on any atom is 0.418 e. The zero-order valence-corrected chi connectivity index (χ0v) is 17.9. The first kappa shape index (κ1) is 23.4. The fraction of sp³-hybridized carbons (Fsp3) is 0.190. The SMILES string of the molecule is CN(C)S(=O)(=O)c1cccc(CNc2ccc(NC(=O)c3ccco3)cc2C(F)(F)F)c1. The van der Waals surface area contributed by atoms with Crippen molar-refractivity contribution in [3.63, 3.8) is 0 Å². The molecular weight excluding hydrogens is 447 g/mol. The van der Waals surface area contributed by atoms with Crippen molar-refractivity contribution in [1.82, 2.24) is 4.31 Å². The molecule has 0 saturated heterocycles. The molecule has 11 heteroatoms. The molecule has 1 heterocycles. The molecule has 0 aliphatic carbocycles. The van der Waals surface area contributed by atoms with E-state index in [9.17, 15) is 26.4 Å². The van der Waals surface area contributed by atoms with Gasteiger partial charge in [0.05, 0.1) is 16.7 Å². The second-order valence-corrected chi connectivity index (χ2v) is 9.13. The van der Waals surface area contributed by atoms with Crippen molar-refractivity contribution in [2.45, 2.75) is 17.6 Å². The lowest BCUT2D eigenvalue weighted by molar-refractivity contribution is -0.136. The standard InChI is InChI=1S/C21H20F3N3O4S/c1-27(2)32(29,30)16-6-3-5-14(11-16)13-25-18-9-8-15(12-17(18)21(22,23)24)26-20(28)19-7-4-10-31-19/h3-12,25H,13H2,1-2H3,(H,26,28). The van der Waals surface area contributed by atoms with E-state index in [2.05, 4.69) is 10.6 Å². The number of benzene rings is 2. The molecule has 1 aromatic heterocycles. The summed E-state index contributed by atoms with van der Waals surface area (Å²) >= 11 is 0. The summed E-state index contributed by atoms with van der Waals surface area (Å²) in [7, 11) is -0.890. The molecule has 0 radical (unpaired) electrons. The number of hydrogen-bond donors (Lipinski definition) is 2. The van der Waals surface area contributed by atoms with Gasteiger partial charge < -0.3 is 15.1 Å². The molecule has 2 aromatic carbocycles. The molecule has 170 valence electrons. The van der Waals surface area contributed by atoms with E-state index in [1.54, 1.807) is 6.07 Å². The summed E-state index contributed by atoms with van der Waals surface area (Å²) in [6, 6.07) is 12.1. The van der Waals surface area contributed by atoms with Gasteiger partial charge in [-0.1, -0.05) is 12.1 Å². The number of amides is 1. The molecule has 3 rings (SSSR count). The van der Waals surface area contributed by atoms with E-state index in [1.807, 2.05) is 0 Å². The van der Waals surface area contributed by atoms with Crippen molar-refractivity contribution in [2.24, 2.45) is 0 Å². The summed E-state index contributed by atoms with van der Waals surface area (Å²) in [5, 5.41) is 5.05. The largest absolute Gasteiger partial charge is 0.459 e. The van der Waals surface area contributed by atoms with E-state index >= 15 is 0 Å². The lowest BCUT2D eigenvalue weighted by Crippen LogP contribution is -2.22. The van der Waals surface area contributed by atoms with Crippen molar-refractivity contribution in [3.8, 4) is 0 Å². The third-order valence-electron chi connectivity index (χ3n) is 4.49. The molecule has 2 N–H and O–H groups in total. The Kier molecular flexibility index (Phi) is 6.60. The van der Waals surface area contributed by atoms with Crippen LogP contribution >= 0.6 is 0 Å². The number of nitrogens with one attached hydrogen (secondary N) is 2. The van der Waals surface area contributed by atoms with Gasteiger partial charge >= 0.3 is 6.18 Å². The molecule has 32 heavy (non-hydrogen) atoms. The lowest BCUT2D eigenvalue weighted by atomic mass is 10.1. The Hall–Kier alpha value is -3.31. The van der Waals surface area contributed by atoms with Gasteiger partial charge in [-0.05, 0) is 48.0 Å². The van der Waals surface area contributed by atoms with E-state index in [0.717, 1.165) is 10.4 Å². The number of alkyl halides is 3. The second-order valence-electron chi connectivity index (χ2n) is 6.98. The average Bonchev–Trinajstić information content (AvgIpc) is 3.27. The number of rotatable bonds is 7. The zero-order chi connectivity index (χ0) is 23.5. The number of carbonyl (C=O) groups is 1. The van der Waals surface area contributed by atoms with Crippen molar-refractivity contribution in [2.75, 3.05) is 24.7 Å². The van der Waals surface area contributed by atoms with Crippen molar-refractivity contribution >= 4 is 27.3 Å². The molecule has 0 unspecified atom stereocenters. The predicted octanol–water partition coefficient (Wildman–Crippen LogP) is 4.41. The highest BCUT2D eigenvalue weighted by atomic mass is 32.2. The first-order valence-corrected chi connectivity index (χ1v) is 10.7. The van der Waals surface area contributed by atoms with Crippen molar-refractivity contribution in [1.29, 1.82) is 0 Å². The molecule has 0 atom stereocenters. The number of nitrogens with zero attached hydrogens (tertiary/aromatic N) is 1. The third kappa shape index (κ3) is 5.29. The molecule has 0 fully saturated rings. The summed E-state index contributed by atoms with van der Waals surface area (Å²) < 4.78 is 71.4. The monoisotopic (exact) mass is 467 g/mol. The summed E-state index contributed by atoms with van der Waals surface area (Å²) in [6.45, 7) is -0.0437. The van der Waals surface area contributed by atoms with E-state index in [4.69, 9.17) is 4.42 Å². The Bertz CT molecular complexity index is 1210. The highest BCUT2D eigenvalue weighted by molar-refractivity contribution is 7.89. The number of anilines is 2. The maximum atomic E-state index is 13.6. The fourth-order valence-corrected chi connectivity index (χ4v) is 3.81. The van der Waals surface area contributed by atoms with Crippen LogP contribution in [0.1, 0.15) is 21.7 Å². The maximum absolute atomic E-state index is 13.6.